The molecule has 1 saturated carbocycles. The fraction of sp³-hybridized carbons (Fsp3) is 0.562. The van der Waals surface area contributed by atoms with Crippen molar-refractivity contribution in [3.63, 3.8) is 0 Å². The lowest BCUT2D eigenvalue weighted by Gasteiger charge is -2.27. The van der Waals surface area contributed by atoms with Crippen LogP contribution in [0.1, 0.15) is 31.2 Å². The predicted molar refractivity (Wildman–Crippen MR) is 82.9 cm³/mol. The highest BCUT2D eigenvalue weighted by atomic mass is 32.2. The number of thioether (sulfide) groups is 1. The van der Waals surface area contributed by atoms with Gasteiger partial charge in [-0.25, -0.2) is 0 Å². The van der Waals surface area contributed by atoms with Crippen molar-refractivity contribution in [1.82, 2.24) is 5.32 Å². The van der Waals surface area contributed by atoms with Gasteiger partial charge in [-0.1, -0.05) is 17.7 Å². The quantitative estimate of drug-likeness (QED) is 0.821. The highest BCUT2D eigenvalue weighted by molar-refractivity contribution is 8.00. The summed E-state index contributed by atoms with van der Waals surface area (Å²) in [5, 5.41) is 12.2. The summed E-state index contributed by atoms with van der Waals surface area (Å²) in [6.07, 6.45) is 4.03. The minimum absolute atomic E-state index is 0.114. The Morgan fingerprint density at radius 2 is 1.90 bits per heavy atom. The number of carbonyl (C=O) groups excluding carboxylic acids is 1. The number of amides is 1. The number of hydrogen-bond acceptors (Lipinski definition) is 3. The molecule has 1 aliphatic carbocycles. The number of nitrogens with one attached hydrogen (secondary N) is 1. The number of hydrogen-bond donors (Lipinski definition) is 2. The normalized spacial score (nSPS) is 22.5. The van der Waals surface area contributed by atoms with Gasteiger partial charge in [0.1, 0.15) is 0 Å². The topological polar surface area (TPSA) is 49.3 Å². The molecule has 0 spiro atoms. The Morgan fingerprint density at radius 1 is 1.25 bits per heavy atom. The summed E-state index contributed by atoms with van der Waals surface area (Å²) >= 11 is 1.58. The second-order valence-electron chi connectivity index (χ2n) is 5.57. The van der Waals surface area contributed by atoms with Crippen LogP contribution in [0.25, 0.3) is 0 Å². The molecule has 2 rings (SSSR count). The second kappa shape index (κ2) is 7.70. The number of aliphatic hydroxyl groups is 1. The van der Waals surface area contributed by atoms with Crippen LogP contribution < -0.4 is 5.32 Å². The van der Waals surface area contributed by atoms with Crippen LogP contribution in [0.2, 0.25) is 0 Å². The average molecular weight is 293 g/mol. The van der Waals surface area contributed by atoms with Gasteiger partial charge in [-0.15, -0.1) is 11.8 Å². The summed E-state index contributed by atoms with van der Waals surface area (Å²) < 4.78 is 0. The Labute approximate surface area is 125 Å². The Hall–Kier alpha value is -1.00. The van der Waals surface area contributed by atoms with E-state index >= 15 is 0 Å². The molecule has 0 aliphatic heterocycles. The molecule has 0 atom stereocenters. The van der Waals surface area contributed by atoms with Crippen molar-refractivity contribution in [3.8, 4) is 0 Å². The van der Waals surface area contributed by atoms with Gasteiger partial charge in [-0.2, -0.15) is 0 Å². The number of rotatable bonds is 5. The summed E-state index contributed by atoms with van der Waals surface area (Å²) in [4.78, 5) is 13.1. The molecular weight excluding hydrogens is 270 g/mol. The number of benzene rings is 1. The van der Waals surface area contributed by atoms with Crippen LogP contribution in [0.4, 0.5) is 0 Å². The standard InChI is InChI=1S/C16H23NO2S/c1-12-2-8-15(9-3-12)20-11-16(19)17-14-6-4-13(10-18)5-7-14/h2-3,8-9,13-14,18H,4-7,10-11H2,1H3,(H,17,19). The summed E-state index contributed by atoms with van der Waals surface area (Å²) in [7, 11) is 0. The van der Waals surface area contributed by atoms with Crippen LogP contribution in [0.5, 0.6) is 0 Å². The molecule has 0 aromatic heterocycles. The molecule has 0 heterocycles. The lowest BCUT2D eigenvalue weighted by molar-refractivity contribution is -0.119. The second-order valence-corrected chi connectivity index (χ2v) is 6.62. The van der Waals surface area contributed by atoms with E-state index in [-0.39, 0.29) is 12.5 Å². The van der Waals surface area contributed by atoms with Crippen LogP contribution >= 0.6 is 11.8 Å². The van der Waals surface area contributed by atoms with Crippen molar-refractivity contribution < 1.29 is 9.90 Å². The molecule has 0 unspecified atom stereocenters. The molecule has 4 heteroatoms. The molecule has 20 heavy (non-hydrogen) atoms. The first-order valence-corrected chi connectivity index (χ1v) is 8.25. The van der Waals surface area contributed by atoms with E-state index in [9.17, 15) is 4.79 Å². The first-order chi connectivity index (χ1) is 9.67. The van der Waals surface area contributed by atoms with Gasteiger partial charge < -0.3 is 10.4 Å². The van der Waals surface area contributed by atoms with E-state index < -0.39 is 0 Å². The highest BCUT2D eigenvalue weighted by Crippen LogP contribution is 2.24. The monoisotopic (exact) mass is 293 g/mol. The first-order valence-electron chi connectivity index (χ1n) is 7.27. The smallest absolute Gasteiger partial charge is 0.230 e. The molecule has 2 N–H and O–H groups in total. The van der Waals surface area contributed by atoms with E-state index in [0.29, 0.717) is 17.7 Å². The van der Waals surface area contributed by atoms with Gasteiger partial charge in [0.2, 0.25) is 5.91 Å². The van der Waals surface area contributed by atoms with Gasteiger partial charge >= 0.3 is 0 Å². The highest BCUT2D eigenvalue weighted by Gasteiger charge is 2.21. The zero-order valence-electron chi connectivity index (χ0n) is 12.0. The first kappa shape index (κ1) is 15.4. The average Bonchev–Trinajstić information content (AvgIpc) is 2.47. The largest absolute Gasteiger partial charge is 0.396 e. The van der Waals surface area contributed by atoms with Crippen LogP contribution in [0.15, 0.2) is 29.2 Å². The van der Waals surface area contributed by atoms with Gasteiger partial charge in [-0.05, 0) is 50.7 Å². The number of aryl methyl sites for hydroxylation is 1. The zero-order chi connectivity index (χ0) is 14.4. The van der Waals surface area contributed by atoms with Gasteiger partial charge in [-0.3, -0.25) is 4.79 Å². The van der Waals surface area contributed by atoms with Crippen LogP contribution in [0.3, 0.4) is 0 Å². The molecule has 3 nitrogen and oxygen atoms in total. The molecule has 110 valence electrons. The minimum Gasteiger partial charge on any atom is -0.396 e. The lowest BCUT2D eigenvalue weighted by atomic mass is 9.86. The number of aliphatic hydroxyl groups excluding tert-OH is 1. The predicted octanol–water partition coefficient (Wildman–Crippen LogP) is 2.75. The Kier molecular flexibility index (Phi) is 5.92. The lowest BCUT2D eigenvalue weighted by Crippen LogP contribution is -2.38. The van der Waals surface area contributed by atoms with Crippen LogP contribution in [-0.4, -0.2) is 29.4 Å². The van der Waals surface area contributed by atoms with Crippen molar-refractivity contribution in [1.29, 1.82) is 0 Å². The summed E-state index contributed by atoms with van der Waals surface area (Å²) in [6.45, 7) is 2.34. The molecule has 0 bridgehead atoms. The van der Waals surface area contributed by atoms with Crippen molar-refractivity contribution in [2.75, 3.05) is 12.4 Å². The summed E-state index contributed by atoms with van der Waals surface area (Å²) in [6, 6.07) is 8.54. The molecule has 1 aromatic carbocycles. The van der Waals surface area contributed by atoms with Crippen LogP contribution in [-0.2, 0) is 4.79 Å². The number of carbonyl (C=O) groups is 1. The molecule has 1 fully saturated rings. The Balaban J connectivity index is 1.69. The SMILES string of the molecule is Cc1ccc(SCC(=O)NC2CCC(CO)CC2)cc1. The van der Waals surface area contributed by atoms with Gasteiger partial charge in [0.05, 0.1) is 5.75 Å². The third-order valence-corrected chi connectivity index (χ3v) is 4.87. The molecular formula is C16H23NO2S. The maximum Gasteiger partial charge on any atom is 0.230 e. The molecule has 0 radical (unpaired) electrons. The van der Waals surface area contributed by atoms with Gasteiger partial charge in [0, 0.05) is 17.5 Å². The third kappa shape index (κ3) is 4.84. The van der Waals surface area contributed by atoms with Gasteiger partial charge in [0.15, 0.2) is 0 Å². The molecule has 0 saturated heterocycles. The van der Waals surface area contributed by atoms with E-state index in [0.717, 1.165) is 30.6 Å². The molecule has 1 aliphatic rings. The molecule has 1 aromatic rings. The Bertz CT molecular complexity index is 425. The maximum absolute atomic E-state index is 11.9. The molecule has 1 amide bonds. The van der Waals surface area contributed by atoms with Crippen molar-refractivity contribution >= 4 is 17.7 Å². The zero-order valence-corrected chi connectivity index (χ0v) is 12.8. The van der Waals surface area contributed by atoms with Gasteiger partial charge in [0.25, 0.3) is 0 Å². The van der Waals surface area contributed by atoms with E-state index in [2.05, 4.69) is 36.5 Å². The van der Waals surface area contributed by atoms with E-state index in [1.165, 1.54) is 5.56 Å². The van der Waals surface area contributed by atoms with E-state index in [1.54, 1.807) is 11.8 Å². The van der Waals surface area contributed by atoms with E-state index in [1.807, 2.05) is 0 Å². The Morgan fingerprint density at radius 3 is 2.50 bits per heavy atom. The van der Waals surface area contributed by atoms with Crippen LogP contribution in [0, 0.1) is 12.8 Å². The maximum atomic E-state index is 11.9. The van der Waals surface area contributed by atoms with Crippen molar-refractivity contribution in [2.24, 2.45) is 5.92 Å². The fourth-order valence-corrected chi connectivity index (χ4v) is 3.25. The van der Waals surface area contributed by atoms with Crippen molar-refractivity contribution in [2.45, 2.75) is 43.5 Å². The summed E-state index contributed by atoms with van der Waals surface area (Å²) in [5.74, 6) is 1.02. The fourth-order valence-electron chi connectivity index (χ4n) is 2.54. The third-order valence-electron chi connectivity index (χ3n) is 3.86. The summed E-state index contributed by atoms with van der Waals surface area (Å²) in [5.41, 5.74) is 1.24. The minimum atomic E-state index is 0.114. The van der Waals surface area contributed by atoms with Crippen molar-refractivity contribution in [3.05, 3.63) is 29.8 Å². The van der Waals surface area contributed by atoms with E-state index in [4.69, 9.17) is 5.11 Å².